The predicted molar refractivity (Wildman–Crippen MR) is 46.8 cm³/mol. The molecular formula is C8H7BF6KN. The number of rotatable bonds is 3. The number of nitrogens with zero attached hydrogens (tertiary/aromatic N) is 1. The molecular weight excluding hydrogens is 274 g/mol. The van der Waals surface area contributed by atoms with E-state index in [0.29, 0.717) is 6.07 Å². The van der Waals surface area contributed by atoms with Gasteiger partial charge in [0.15, 0.2) is 0 Å². The first kappa shape index (κ1) is 17.4. The Kier molecular flexibility index (Phi) is 6.72. The molecule has 0 unspecified atom stereocenters. The molecule has 0 bridgehead atoms. The van der Waals surface area contributed by atoms with Gasteiger partial charge in [-0.15, -0.1) is 0 Å². The second kappa shape index (κ2) is 6.56. The molecule has 90 valence electrons. The molecule has 0 radical (unpaired) electrons. The van der Waals surface area contributed by atoms with Crippen molar-refractivity contribution in [2.45, 2.75) is 18.9 Å². The fourth-order valence-corrected chi connectivity index (χ4v) is 1.07. The summed E-state index contributed by atoms with van der Waals surface area (Å²) in [6.07, 6.45) is -5.08. The van der Waals surface area contributed by atoms with Gasteiger partial charge in [-0.2, -0.15) is 13.2 Å². The molecule has 0 fully saturated rings. The van der Waals surface area contributed by atoms with Gasteiger partial charge in [0.05, 0.1) is 0 Å². The molecule has 1 heterocycles. The number of alkyl halides is 3. The van der Waals surface area contributed by atoms with Gasteiger partial charge in [0.25, 0.3) is 0 Å². The number of aromatic nitrogens is 1. The number of aryl methyl sites for hydroxylation is 1. The van der Waals surface area contributed by atoms with E-state index in [1.165, 1.54) is 0 Å². The molecule has 0 saturated heterocycles. The molecule has 0 aromatic carbocycles. The maximum atomic E-state index is 12.1. The molecule has 9 heteroatoms. The molecule has 17 heavy (non-hydrogen) atoms. The summed E-state index contributed by atoms with van der Waals surface area (Å²) < 4.78 is 71.8. The Labute approximate surface area is 136 Å². The van der Waals surface area contributed by atoms with Crippen molar-refractivity contribution < 1.29 is 77.5 Å². The van der Waals surface area contributed by atoms with E-state index in [0.717, 1.165) is 12.3 Å². The van der Waals surface area contributed by atoms with Crippen LogP contribution in [-0.4, -0.2) is 12.0 Å². The average Bonchev–Trinajstić information content (AvgIpc) is 2.13. The van der Waals surface area contributed by atoms with Crippen LogP contribution in [0.1, 0.15) is 11.3 Å². The topological polar surface area (TPSA) is 12.9 Å². The minimum atomic E-state index is -4.91. The van der Waals surface area contributed by atoms with Crippen molar-refractivity contribution in [1.82, 2.24) is 4.98 Å². The number of hydrogen-bond acceptors (Lipinski definition) is 1. The molecule has 0 spiro atoms. The van der Waals surface area contributed by atoms with E-state index in [1.807, 2.05) is 0 Å². The van der Waals surface area contributed by atoms with Crippen LogP contribution in [0.3, 0.4) is 0 Å². The molecule has 1 nitrogen and oxygen atoms in total. The Morgan fingerprint density at radius 2 is 1.71 bits per heavy atom. The fraction of sp³-hybridized carbons (Fsp3) is 0.375. The van der Waals surface area contributed by atoms with E-state index in [4.69, 9.17) is 0 Å². The molecule has 0 atom stereocenters. The first-order valence-electron chi connectivity index (χ1n) is 4.41. The van der Waals surface area contributed by atoms with Gasteiger partial charge in [-0.05, 0) is 11.6 Å². The van der Waals surface area contributed by atoms with Crippen LogP contribution in [0.2, 0.25) is 6.32 Å². The zero-order chi connectivity index (χ0) is 12.4. The molecule has 0 N–H and O–H groups in total. The third-order valence-electron chi connectivity index (χ3n) is 1.88. The largest absolute Gasteiger partial charge is 1.00 e. The molecule has 0 aliphatic rings. The number of halogens is 6. The monoisotopic (exact) mass is 281 g/mol. The van der Waals surface area contributed by atoms with Crippen molar-refractivity contribution in [3.63, 3.8) is 0 Å². The average molecular weight is 281 g/mol. The van der Waals surface area contributed by atoms with Crippen LogP contribution in [0.4, 0.5) is 26.1 Å². The van der Waals surface area contributed by atoms with Gasteiger partial charge < -0.3 is 12.9 Å². The standard InChI is InChI=1S/C8H7BF6N.K/c10-8(11,12)7-2-1-6(5-16-7)3-4-9(13,14)15;/h1-2,5H,3-4H2;/q-1;+1. The third kappa shape index (κ3) is 6.80. The van der Waals surface area contributed by atoms with Gasteiger partial charge in [-0.25, -0.2) is 0 Å². The van der Waals surface area contributed by atoms with Gasteiger partial charge in [-0.3, -0.25) is 4.98 Å². The Morgan fingerprint density at radius 3 is 2.06 bits per heavy atom. The molecule has 0 aliphatic carbocycles. The number of pyridine rings is 1. The van der Waals surface area contributed by atoms with Gasteiger partial charge >= 0.3 is 64.5 Å². The van der Waals surface area contributed by atoms with E-state index in [-0.39, 0.29) is 63.4 Å². The van der Waals surface area contributed by atoms with Crippen LogP contribution in [0, 0.1) is 0 Å². The second-order valence-corrected chi connectivity index (χ2v) is 3.30. The Morgan fingerprint density at radius 1 is 1.12 bits per heavy atom. The van der Waals surface area contributed by atoms with E-state index in [9.17, 15) is 26.1 Å². The minimum Gasteiger partial charge on any atom is -0.449 e. The summed E-state index contributed by atoms with van der Waals surface area (Å²) in [5.41, 5.74) is -0.957. The van der Waals surface area contributed by atoms with Crippen molar-refractivity contribution in [2.24, 2.45) is 0 Å². The summed E-state index contributed by atoms with van der Waals surface area (Å²) in [4.78, 5) is 3.07. The van der Waals surface area contributed by atoms with Crippen molar-refractivity contribution in [3.8, 4) is 0 Å². The van der Waals surface area contributed by atoms with Crippen LogP contribution in [0.25, 0.3) is 0 Å². The molecule has 0 amide bonds. The van der Waals surface area contributed by atoms with E-state index in [2.05, 4.69) is 4.98 Å². The van der Waals surface area contributed by atoms with Crippen LogP contribution < -0.4 is 51.4 Å². The SMILES string of the molecule is F[B-](F)(F)CCc1ccc(C(F)(F)F)nc1.[K+]. The van der Waals surface area contributed by atoms with E-state index in [1.54, 1.807) is 0 Å². The summed E-state index contributed by atoms with van der Waals surface area (Å²) in [5, 5.41) is 0. The van der Waals surface area contributed by atoms with Crippen LogP contribution in [-0.2, 0) is 12.6 Å². The summed E-state index contributed by atoms with van der Waals surface area (Å²) in [7, 11) is 0. The van der Waals surface area contributed by atoms with E-state index < -0.39 is 25.2 Å². The normalized spacial score (nSPS) is 12.1. The van der Waals surface area contributed by atoms with Gasteiger partial charge in [-0.1, -0.05) is 18.8 Å². The molecule has 1 aromatic heterocycles. The van der Waals surface area contributed by atoms with Crippen LogP contribution in [0.15, 0.2) is 18.3 Å². The number of hydrogen-bond donors (Lipinski definition) is 0. The maximum Gasteiger partial charge on any atom is 1.00 e. The van der Waals surface area contributed by atoms with Gasteiger partial charge in [0, 0.05) is 6.20 Å². The van der Waals surface area contributed by atoms with Crippen molar-refractivity contribution in [2.75, 3.05) is 0 Å². The Balaban J connectivity index is 0.00000256. The Bertz CT molecular complexity index is 347. The zero-order valence-electron chi connectivity index (χ0n) is 8.94. The van der Waals surface area contributed by atoms with Crippen LogP contribution in [0.5, 0.6) is 0 Å². The molecule has 1 rings (SSSR count). The van der Waals surface area contributed by atoms with Gasteiger partial charge in [0.1, 0.15) is 5.69 Å². The molecule has 0 aliphatic heterocycles. The van der Waals surface area contributed by atoms with E-state index >= 15 is 0 Å². The summed E-state index contributed by atoms with van der Waals surface area (Å²) in [6, 6.07) is 1.69. The first-order valence-corrected chi connectivity index (χ1v) is 4.41. The molecule has 0 saturated carbocycles. The maximum absolute atomic E-state index is 12.1. The third-order valence-corrected chi connectivity index (χ3v) is 1.88. The summed E-state index contributed by atoms with van der Waals surface area (Å²) >= 11 is 0. The zero-order valence-corrected chi connectivity index (χ0v) is 12.1. The molecule has 1 aromatic rings. The minimum absolute atomic E-state index is 0. The summed E-state index contributed by atoms with van der Waals surface area (Å²) in [5.74, 6) is 0. The van der Waals surface area contributed by atoms with Crippen molar-refractivity contribution in [1.29, 1.82) is 0 Å². The first-order chi connectivity index (χ1) is 7.18. The smallest absolute Gasteiger partial charge is 0.449 e. The van der Waals surface area contributed by atoms with Crippen molar-refractivity contribution >= 4 is 6.98 Å². The quantitative estimate of drug-likeness (QED) is 0.580. The van der Waals surface area contributed by atoms with Crippen molar-refractivity contribution in [3.05, 3.63) is 29.6 Å². The fourth-order valence-electron chi connectivity index (χ4n) is 1.07. The summed E-state index contributed by atoms with van der Waals surface area (Å²) in [6.45, 7) is -4.91. The Hall–Kier alpha value is 0.431. The predicted octanol–water partition coefficient (Wildman–Crippen LogP) is 0.494. The van der Waals surface area contributed by atoms with Gasteiger partial charge in [0.2, 0.25) is 0 Å². The van der Waals surface area contributed by atoms with Crippen LogP contribution >= 0.6 is 0 Å². The second-order valence-electron chi connectivity index (χ2n) is 3.30.